The Hall–Kier alpha value is -1.03. The number of primary amides is 1. The Kier molecular flexibility index (Phi) is 3.46. The zero-order chi connectivity index (χ0) is 7.28. The number of amides is 1. The summed E-state index contributed by atoms with van der Waals surface area (Å²) in [6.45, 7) is 1.96. The fourth-order valence-electron chi connectivity index (χ4n) is 0.366. The van der Waals surface area contributed by atoms with E-state index in [0.29, 0.717) is 12.3 Å². The summed E-state index contributed by atoms with van der Waals surface area (Å²) in [4.78, 5) is 10.0. The summed E-state index contributed by atoms with van der Waals surface area (Å²) >= 11 is 0. The molecular weight excluding hydrogens is 120 g/mol. The van der Waals surface area contributed by atoms with Crippen LogP contribution in [0.25, 0.3) is 0 Å². The molecule has 0 unspecified atom stereocenters. The van der Waals surface area contributed by atoms with Crippen LogP contribution in [0.2, 0.25) is 0 Å². The van der Waals surface area contributed by atoms with Crippen molar-refractivity contribution in [3.8, 4) is 0 Å². The van der Waals surface area contributed by atoms with Gasteiger partial charge in [-0.05, 0) is 13.0 Å². The smallest absolute Gasteiger partial charge is 0.409 e. The molecule has 0 rings (SSSR count). The van der Waals surface area contributed by atoms with Gasteiger partial charge in [0.2, 0.25) is 0 Å². The highest BCUT2D eigenvalue weighted by Gasteiger charge is 1.92. The lowest BCUT2D eigenvalue weighted by atomic mass is 10.5. The molecule has 0 aromatic carbocycles. The van der Waals surface area contributed by atoms with Crippen LogP contribution in [0.5, 0.6) is 0 Å². The van der Waals surface area contributed by atoms with Crippen LogP contribution in [-0.4, -0.2) is 12.6 Å². The van der Waals surface area contributed by atoms with Crippen LogP contribution >= 0.6 is 0 Å². The molecule has 0 aliphatic heterocycles. The molecular formula is C5H10N2O2. The maximum atomic E-state index is 10.0. The topological polar surface area (TPSA) is 78.3 Å². The summed E-state index contributed by atoms with van der Waals surface area (Å²) in [5.41, 5.74) is 9.78. The first-order valence-corrected chi connectivity index (χ1v) is 2.51. The minimum absolute atomic E-state index is 0.346. The molecule has 0 radical (unpaired) electrons. The molecule has 9 heavy (non-hydrogen) atoms. The van der Waals surface area contributed by atoms with Crippen LogP contribution in [0, 0.1) is 0 Å². The van der Waals surface area contributed by atoms with E-state index in [2.05, 4.69) is 10.5 Å². The van der Waals surface area contributed by atoms with Gasteiger partial charge in [0.25, 0.3) is 0 Å². The lowest BCUT2D eigenvalue weighted by molar-refractivity contribution is 0.187. The molecule has 52 valence electrons. The fourth-order valence-corrected chi connectivity index (χ4v) is 0.366. The van der Waals surface area contributed by atoms with Crippen LogP contribution in [-0.2, 0) is 4.74 Å². The number of carbonyl (C=O) groups is 1. The van der Waals surface area contributed by atoms with E-state index in [1.807, 2.05) is 0 Å². The van der Waals surface area contributed by atoms with Gasteiger partial charge in [-0.3, -0.25) is 0 Å². The highest BCUT2D eigenvalue weighted by Crippen LogP contribution is 1.91. The molecule has 0 aromatic rings. The largest absolute Gasteiger partial charge is 0.416 e. The van der Waals surface area contributed by atoms with Crippen LogP contribution in [0.3, 0.4) is 0 Å². The average Bonchev–Trinajstić information content (AvgIpc) is 1.63. The van der Waals surface area contributed by atoms with Crippen molar-refractivity contribution in [2.24, 2.45) is 11.5 Å². The van der Waals surface area contributed by atoms with Crippen molar-refractivity contribution >= 4 is 6.09 Å². The third-order valence-corrected chi connectivity index (χ3v) is 0.667. The van der Waals surface area contributed by atoms with Crippen molar-refractivity contribution in [3.63, 3.8) is 0 Å². The third kappa shape index (κ3) is 4.83. The fraction of sp³-hybridized carbons (Fsp3) is 0.400. The van der Waals surface area contributed by atoms with E-state index in [1.54, 1.807) is 13.0 Å². The van der Waals surface area contributed by atoms with Crippen molar-refractivity contribution in [1.29, 1.82) is 0 Å². The summed E-state index contributed by atoms with van der Waals surface area (Å²) in [5.74, 6) is 0.435. The van der Waals surface area contributed by atoms with E-state index < -0.39 is 6.09 Å². The first kappa shape index (κ1) is 7.97. The lowest BCUT2D eigenvalue weighted by Gasteiger charge is -1.97. The van der Waals surface area contributed by atoms with Gasteiger partial charge in [0.15, 0.2) is 0 Å². The second-order valence-electron chi connectivity index (χ2n) is 1.47. The van der Waals surface area contributed by atoms with E-state index in [9.17, 15) is 4.79 Å². The predicted molar refractivity (Wildman–Crippen MR) is 33.5 cm³/mol. The first-order chi connectivity index (χ1) is 4.16. The summed E-state index contributed by atoms with van der Waals surface area (Å²) in [5, 5.41) is 0. The van der Waals surface area contributed by atoms with Gasteiger partial charge >= 0.3 is 6.09 Å². The summed E-state index contributed by atoms with van der Waals surface area (Å²) < 4.78 is 4.41. The van der Waals surface area contributed by atoms with E-state index in [1.165, 1.54) is 0 Å². The summed E-state index contributed by atoms with van der Waals surface area (Å²) in [6.07, 6.45) is 0.752. The van der Waals surface area contributed by atoms with E-state index in [-0.39, 0.29) is 0 Å². The van der Waals surface area contributed by atoms with Gasteiger partial charge in [-0.15, -0.1) is 0 Å². The molecule has 1 amide bonds. The number of rotatable bonds is 2. The lowest BCUT2D eigenvalue weighted by Crippen LogP contribution is -2.12. The van der Waals surface area contributed by atoms with Gasteiger partial charge in [0.05, 0.1) is 0 Å². The van der Waals surface area contributed by atoms with E-state index >= 15 is 0 Å². The molecule has 4 heteroatoms. The third-order valence-electron chi connectivity index (χ3n) is 0.667. The van der Waals surface area contributed by atoms with Gasteiger partial charge in [-0.25, -0.2) is 4.79 Å². The number of ether oxygens (including phenoxy) is 1. The van der Waals surface area contributed by atoms with Gasteiger partial charge < -0.3 is 16.2 Å². The van der Waals surface area contributed by atoms with Crippen molar-refractivity contribution in [2.45, 2.75) is 6.92 Å². The van der Waals surface area contributed by atoms with Crippen LogP contribution in [0.15, 0.2) is 11.8 Å². The molecule has 0 heterocycles. The number of carbonyl (C=O) groups excluding carboxylic acids is 1. The summed E-state index contributed by atoms with van der Waals surface area (Å²) in [6, 6.07) is 0. The Morgan fingerprint density at radius 1 is 1.78 bits per heavy atom. The molecule has 4 N–H and O–H groups in total. The molecule has 0 bridgehead atoms. The zero-order valence-electron chi connectivity index (χ0n) is 5.26. The van der Waals surface area contributed by atoms with Gasteiger partial charge in [-0.1, -0.05) is 0 Å². The van der Waals surface area contributed by atoms with Crippen LogP contribution in [0.1, 0.15) is 6.92 Å². The molecule has 0 spiro atoms. The quantitative estimate of drug-likeness (QED) is 0.514. The molecule has 0 aliphatic carbocycles. The standard InChI is InChI=1S/C5H10N2O2/c1-4(2-3-6)9-5(7)8/h2H,3,6H2,1H3,(H2,7,8)/b4-2-. The second-order valence-corrected chi connectivity index (χ2v) is 1.47. The number of allylic oxidation sites excluding steroid dienone is 1. The molecule has 0 aliphatic rings. The van der Waals surface area contributed by atoms with E-state index in [0.717, 1.165) is 0 Å². The van der Waals surface area contributed by atoms with Crippen LogP contribution < -0.4 is 11.5 Å². The Morgan fingerprint density at radius 3 is 2.67 bits per heavy atom. The minimum Gasteiger partial charge on any atom is -0.416 e. The van der Waals surface area contributed by atoms with Crippen molar-refractivity contribution in [2.75, 3.05) is 6.54 Å². The van der Waals surface area contributed by atoms with Crippen molar-refractivity contribution in [3.05, 3.63) is 11.8 Å². The molecule has 4 nitrogen and oxygen atoms in total. The van der Waals surface area contributed by atoms with Gasteiger partial charge in [0, 0.05) is 6.54 Å². The minimum atomic E-state index is -0.808. The number of hydrogen-bond donors (Lipinski definition) is 2. The molecule has 0 saturated carbocycles. The summed E-state index contributed by atoms with van der Waals surface area (Å²) in [7, 11) is 0. The highest BCUT2D eigenvalue weighted by atomic mass is 16.5. The molecule has 0 fully saturated rings. The van der Waals surface area contributed by atoms with Crippen LogP contribution in [0.4, 0.5) is 4.79 Å². The maximum absolute atomic E-state index is 10.0. The molecule has 0 saturated heterocycles. The molecule has 0 aromatic heterocycles. The predicted octanol–water partition coefficient (Wildman–Crippen LogP) is -0.0558. The normalized spacial score (nSPS) is 11.1. The van der Waals surface area contributed by atoms with Crippen molar-refractivity contribution in [1.82, 2.24) is 0 Å². The van der Waals surface area contributed by atoms with Crippen molar-refractivity contribution < 1.29 is 9.53 Å². The SMILES string of the molecule is C/C(=C/CN)OC(N)=O. The Morgan fingerprint density at radius 2 is 2.33 bits per heavy atom. The van der Waals surface area contributed by atoms with Gasteiger partial charge in [0.1, 0.15) is 5.76 Å². The zero-order valence-corrected chi connectivity index (χ0v) is 5.26. The Balaban J connectivity index is 3.62. The highest BCUT2D eigenvalue weighted by molar-refractivity contribution is 5.65. The molecule has 0 atom stereocenters. The first-order valence-electron chi connectivity index (χ1n) is 2.51. The second kappa shape index (κ2) is 3.91. The Labute approximate surface area is 53.5 Å². The monoisotopic (exact) mass is 130 g/mol. The Bertz CT molecular complexity index is 131. The van der Waals surface area contributed by atoms with Gasteiger partial charge in [-0.2, -0.15) is 0 Å². The number of hydrogen-bond acceptors (Lipinski definition) is 3. The number of nitrogens with two attached hydrogens (primary N) is 2. The average molecular weight is 130 g/mol. The maximum Gasteiger partial charge on any atom is 0.409 e. The van der Waals surface area contributed by atoms with E-state index in [4.69, 9.17) is 5.73 Å².